The minimum Gasteiger partial charge on any atom is -0.497 e. The van der Waals surface area contributed by atoms with Crippen molar-refractivity contribution in [2.24, 2.45) is 0 Å². The summed E-state index contributed by atoms with van der Waals surface area (Å²) in [6.45, 7) is 6.75. The van der Waals surface area contributed by atoms with E-state index in [0.717, 1.165) is 63.0 Å². The molecule has 2 N–H and O–H groups in total. The van der Waals surface area contributed by atoms with Gasteiger partial charge >= 0.3 is 0 Å². The van der Waals surface area contributed by atoms with E-state index in [-0.39, 0.29) is 0 Å². The molecule has 0 spiro atoms. The summed E-state index contributed by atoms with van der Waals surface area (Å²) in [6, 6.07) is 8.22. The summed E-state index contributed by atoms with van der Waals surface area (Å²) in [5.41, 5.74) is 8.32. The van der Waals surface area contributed by atoms with E-state index in [9.17, 15) is 0 Å². The van der Waals surface area contributed by atoms with Crippen molar-refractivity contribution in [1.82, 2.24) is 9.97 Å². The lowest BCUT2D eigenvalue weighted by Gasteiger charge is -2.37. The van der Waals surface area contributed by atoms with Crippen LogP contribution >= 0.6 is 0 Å². The summed E-state index contributed by atoms with van der Waals surface area (Å²) >= 11 is 0. The maximum atomic E-state index is 6.43. The molecule has 1 aliphatic rings. The number of aromatic nitrogens is 2. The number of anilines is 4. The van der Waals surface area contributed by atoms with Crippen LogP contribution in [0.1, 0.15) is 19.8 Å². The van der Waals surface area contributed by atoms with Crippen LogP contribution < -0.4 is 25.2 Å². The van der Waals surface area contributed by atoms with Crippen LogP contribution in [0.4, 0.5) is 23.0 Å². The second-order valence-electron chi connectivity index (χ2n) is 6.88. The zero-order valence-electron chi connectivity index (χ0n) is 16.6. The number of piperazine rings is 1. The van der Waals surface area contributed by atoms with E-state index in [1.807, 2.05) is 19.2 Å². The SMILES string of the molecule is CCCCN(C)c1ncnc(N2CCN(c3ccc(OC)cc3)CC2)c1N. The van der Waals surface area contributed by atoms with Crippen molar-refractivity contribution in [2.45, 2.75) is 19.8 Å². The van der Waals surface area contributed by atoms with Gasteiger partial charge in [-0.3, -0.25) is 0 Å². The molecule has 0 bridgehead atoms. The average Bonchev–Trinajstić information content (AvgIpc) is 2.72. The van der Waals surface area contributed by atoms with Crippen LogP contribution in [0.15, 0.2) is 30.6 Å². The number of benzene rings is 1. The van der Waals surface area contributed by atoms with Crippen molar-refractivity contribution >= 4 is 23.0 Å². The minimum absolute atomic E-state index is 0.675. The van der Waals surface area contributed by atoms with Crippen LogP contribution in [-0.4, -0.2) is 56.8 Å². The zero-order chi connectivity index (χ0) is 19.2. The Kier molecular flexibility index (Phi) is 6.21. The summed E-state index contributed by atoms with van der Waals surface area (Å²) in [6.07, 6.45) is 3.89. The van der Waals surface area contributed by atoms with Gasteiger partial charge in [-0.1, -0.05) is 13.3 Å². The zero-order valence-corrected chi connectivity index (χ0v) is 16.6. The maximum Gasteiger partial charge on any atom is 0.157 e. The number of unbranched alkanes of at least 4 members (excludes halogenated alkanes) is 1. The smallest absolute Gasteiger partial charge is 0.157 e. The summed E-state index contributed by atoms with van der Waals surface area (Å²) in [5, 5.41) is 0. The Bertz CT molecular complexity index is 728. The van der Waals surface area contributed by atoms with Gasteiger partial charge in [0.25, 0.3) is 0 Å². The molecule has 2 heterocycles. The topological polar surface area (TPSA) is 70.8 Å². The fourth-order valence-corrected chi connectivity index (χ4v) is 3.40. The lowest BCUT2D eigenvalue weighted by molar-refractivity contribution is 0.415. The van der Waals surface area contributed by atoms with Gasteiger partial charge in [-0.15, -0.1) is 0 Å². The second kappa shape index (κ2) is 8.79. The van der Waals surface area contributed by atoms with E-state index in [2.05, 4.69) is 43.7 Å². The van der Waals surface area contributed by atoms with Crippen molar-refractivity contribution in [2.75, 3.05) is 67.3 Å². The summed E-state index contributed by atoms with van der Waals surface area (Å²) < 4.78 is 5.24. The van der Waals surface area contributed by atoms with E-state index >= 15 is 0 Å². The molecule has 1 fully saturated rings. The highest BCUT2D eigenvalue weighted by Crippen LogP contribution is 2.30. The van der Waals surface area contributed by atoms with Gasteiger partial charge < -0.3 is 25.2 Å². The molecule has 1 aliphatic heterocycles. The molecular formula is C20H30N6O. The third kappa shape index (κ3) is 4.35. The van der Waals surface area contributed by atoms with Crippen LogP contribution in [0.2, 0.25) is 0 Å². The van der Waals surface area contributed by atoms with Crippen LogP contribution in [0, 0.1) is 0 Å². The lowest BCUT2D eigenvalue weighted by Crippen LogP contribution is -2.47. The number of nitrogens with two attached hydrogens (primary N) is 1. The van der Waals surface area contributed by atoms with Crippen molar-refractivity contribution < 1.29 is 4.74 Å². The number of hydrogen-bond acceptors (Lipinski definition) is 7. The summed E-state index contributed by atoms with van der Waals surface area (Å²) in [4.78, 5) is 15.6. The molecule has 3 rings (SSSR count). The third-order valence-corrected chi connectivity index (χ3v) is 5.07. The monoisotopic (exact) mass is 370 g/mol. The number of ether oxygens (including phenoxy) is 1. The maximum absolute atomic E-state index is 6.43. The molecule has 1 aromatic heterocycles. The van der Waals surface area contributed by atoms with Crippen molar-refractivity contribution in [3.63, 3.8) is 0 Å². The number of methoxy groups -OCH3 is 1. The molecule has 0 amide bonds. The average molecular weight is 371 g/mol. The molecule has 7 heteroatoms. The van der Waals surface area contributed by atoms with E-state index < -0.39 is 0 Å². The quantitative estimate of drug-likeness (QED) is 0.803. The Morgan fingerprint density at radius 1 is 1.07 bits per heavy atom. The van der Waals surface area contributed by atoms with Gasteiger partial charge in [-0.05, 0) is 30.7 Å². The summed E-state index contributed by atoms with van der Waals surface area (Å²) in [5.74, 6) is 2.55. The van der Waals surface area contributed by atoms with Crippen LogP contribution in [0.5, 0.6) is 5.75 Å². The molecule has 0 atom stereocenters. The molecule has 2 aromatic rings. The van der Waals surface area contributed by atoms with Gasteiger partial charge in [0.2, 0.25) is 0 Å². The number of hydrogen-bond donors (Lipinski definition) is 1. The Labute approximate surface area is 161 Å². The van der Waals surface area contributed by atoms with Gasteiger partial charge in [-0.2, -0.15) is 0 Å². The Morgan fingerprint density at radius 2 is 1.74 bits per heavy atom. The Hall–Kier alpha value is -2.70. The minimum atomic E-state index is 0.675. The van der Waals surface area contributed by atoms with Gasteiger partial charge in [0.1, 0.15) is 17.8 Å². The van der Waals surface area contributed by atoms with Gasteiger partial charge in [0, 0.05) is 45.5 Å². The van der Waals surface area contributed by atoms with Crippen molar-refractivity contribution in [1.29, 1.82) is 0 Å². The third-order valence-electron chi connectivity index (χ3n) is 5.07. The highest BCUT2D eigenvalue weighted by molar-refractivity contribution is 5.75. The fraction of sp³-hybridized carbons (Fsp3) is 0.500. The van der Waals surface area contributed by atoms with E-state index in [1.54, 1.807) is 13.4 Å². The molecular weight excluding hydrogens is 340 g/mol. The van der Waals surface area contributed by atoms with Crippen LogP contribution in [0.25, 0.3) is 0 Å². The molecule has 0 radical (unpaired) electrons. The molecule has 27 heavy (non-hydrogen) atoms. The van der Waals surface area contributed by atoms with Gasteiger partial charge in [0.05, 0.1) is 7.11 Å². The van der Waals surface area contributed by atoms with Gasteiger partial charge in [0.15, 0.2) is 11.6 Å². The summed E-state index contributed by atoms with van der Waals surface area (Å²) in [7, 11) is 3.73. The molecule has 0 unspecified atom stereocenters. The highest BCUT2D eigenvalue weighted by Gasteiger charge is 2.22. The number of nitrogen functional groups attached to an aromatic ring is 1. The van der Waals surface area contributed by atoms with Crippen LogP contribution in [0.3, 0.4) is 0 Å². The molecule has 1 saturated heterocycles. The van der Waals surface area contributed by atoms with Crippen molar-refractivity contribution in [3.05, 3.63) is 30.6 Å². The first kappa shape index (κ1) is 19.1. The molecule has 7 nitrogen and oxygen atoms in total. The predicted molar refractivity (Wildman–Crippen MR) is 112 cm³/mol. The number of nitrogens with zero attached hydrogens (tertiary/aromatic N) is 5. The number of rotatable bonds is 7. The highest BCUT2D eigenvalue weighted by atomic mass is 16.5. The van der Waals surface area contributed by atoms with Crippen LogP contribution in [-0.2, 0) is 0 Å². The van der Waals surface area contributed by atoms with Crippen molar-refractivity contribution in [3.8, 4) is 5.75 Å². The van der Waals surface area contributed by atoms with E-state index in [0.29, 0.717) is 5.69 Å². The fourth-order valence-electron chi connectivity index (χ4n) is 3.40. The first-order valence-corrected chi connectivity index (χ1v) is 9.59. The molecule has 0 saturated carbocycles. The standard InChI is InChI=1S/C20H30N6O/c1-4-5-10-24(2)19-18(21)20(23-15-22-19)26-13-11-25(12-14-26)16-6-8-17(27-3)9-7-16/h6-9,15H,4-5,10-14,21H2,1-3H3. The lowest BCUT2D eigenvalue weighted by atomic mass is 10.2. The largest absolute Gasteiger partial charge is 0.497 e. The normalized spacial score (nSPS) is 14.3. The van der Waals surface area contributed by atoms with Gasteiger partial charge in [-0.25, -0.2) is 9.97 Å². The Balaban J connectivity index is 1.66. The molecule has 1 aromatic carbocycles. The van der Waals surface area contributed by atoms with E-state index in [1.165, 1.54) is 5.69 Å². The predicted octanol–water partition coefficient (Wildman–Crippen LogP) is 2.63. The molecule has 146 valence electrons. The van der Waals surface area contributed by atoms with E-state index in [4.69, 9.17) is 10.5 Å². The first-order valence-electron chi connectivity index (χ1n) is 9.59. The second-order valence-corrected chi connectivity index (χ2v) is 6.88. The molecule has 0 aliphatic carbocycles. The Morgan fingerprint density at radius 3 is 2.37 bits per heavy atom. The first-order chi connectivity index (χ1) is 13.1.